The zero-order valence-corrected chi connectivity index (χ0v) is 11.8. The molecule has 1 unspecified atom stereocenters. The molecule has 2 heteroatoms. The average molecular weight is 257 g/mol. The molecule has 0 fully saturated rings. The Labute approximate surface area is 113 Å². The van der Waals surface area contributed by atoms with Crippen molar-refractivity contribution in [2.24, 2.45) is 0 Å². The molecule has 1 aliphatic rings. The first-order valence-electron chi connectivity index (χ1n) is 6.71. The third-order valence-electron chi connectivity index (χ3n) is 3.87. The maximum atomic E-state index is 3.59. The normalized spacial score (nSPS) is 18.0. The third kappa shape index (κ3) is 1.90. The first kappa shape index (κ1) is 11.9. The van der Waals surface area contributed by atoms with Gasteiger partial charge >= 0.3 is 0 Å². The molecule has 1 aromatic carbocycles. The van der Waals surface area contributed by atoms with Crippen LogP contribution in [0.15, 0.2) is 29.6 Å². The summed E-state index contributed by atoms with van der Waals surface area (Å²) in [6, 6.07) is 9.60. The number of thiophene rings is 1. The van der Waals surface area contributed by atoms with E-state index in [1.54, 1.807) is 5.56 Å². The van der Waals surface area contributed by atoms with Crippen LogP contribution in [-0.2, 0) is 6.42 Å². The highest BCUT2D eigenvalue weighted by Crippen LogP contribution is 2.39. The summed E-state index contributed by atoms with van der Waals surface area (Å²) in [5.41, 5.74) is 5.95. The summed E-state index contributed by atoms with van der Waals surface area (Å²) in [6.07, 6.45) is 2.45. The smallest absolute Gasteiger partial charge is 0.0326 e. The molecular formula is C16H19NS. The van der Waals surface area contributed by atoms with E-state index in [0.717, 1.165) is 6.54 Å². The van der Waals surface area contributed by atoms with Crippen LogP contribution in [-0.4, -0.2) is 6.54 Å². The van der Waals surface area contributed by atoms with Crippen LogP contribution in [0.5, 0.6) is 0 Å². The minimum Gasteiger partial charge on any atom is -0.310 e. The summed E-state index contributed by atoms with van der Waals surface area (Å²) in [6.45, 7) is 5.45. The maximum absolute atomic E-state index is 3.59. The van der Waals surface area contributed by atoms with Gasteiger partial charge in [0.15, 0.2) is 0 Å². The van der Waals surface area contributed by atoms with E-state index < -0.39 is 0 Å². The predicted octanol–water partition coefficient (Wildman–Crippen LogP) is 4.32. The highest BCUT2D eigenvalue weighted by Gasteiger charge is 2.24. The van der Waals surface area contributed by atoms with E-state index in [9.17, 15) is 0 Å². The van der Waals surface area contributed by atoms with E-state index in [0.29, 0.717) is 6.04 Å². The van der Waals surface area contributed by atoms with Gasteiger partial charge in [-0.3, -0.25) is 0 Å². The predicted molar refractivity (Wildman–Crippen MR) is 79.2 cm³/mol. The van der Waals surface area contributed by atoms with Crippen LogP contribution < -0.4 is 5.32 Å². The van der Waals surface area contributed by atoms with Crippen LogP contribution in [0, 0.1) is 6.92 Å². The van der Waals surface area contributed by atoms with Gasteiger partial charge in [0.2, 0.25) is 0 Å². The zero-order valence-electron chi connectivity index (χ0n) is 11.0. The van der Waals surface area contributed by atoms with Gasteiger partial charge in [0.05, 0.1) is 0 Å². The number of hydrogen-bond acceptors (Lipinski definition) is 2. The number of rotatable bonds is 3. The van der Waals surface area contributed by atoms with Crippen molar-refractivity contribution in [3.63, 3.8) is 0 Å². The summed E-state index contributed by atoms with van der Waals surface area (Å²) in [4.78, 5) is 1.43. The Morgan fingerprint density at radius 3 is 2.89 bits per heavy atom. The SMILES string of the molecule is CCNC1CCc2c(-c3ccsc3C)cccc21. The van der Waals surface area contributed by atoms with Crippen LogP contribution >= 0.6 is 11.3 Å². The van der Waals surface area contributed by atoms with Crippen molar-refractivity contribution in [2.75, 3.05) is 6.54 Å². The number of hydrogen-bond donors (Lipinski definition) is 1. The molecule has 0 bridgehead atoms. The van der Waals surface area contributed by atoms with Crippen LogP contribution in [0.1, 0.15) is 35.4 Å². The van der Waals surface area contributed by atoms with Crippen molar-refractivity contribution in [1.29, 1.82) is 0 Å². The molecular weight excluding hydrogens is 238 g/mol. The number of fused-ring (bicyclic) bond motifs is 1. The number of benzene rings is 1. The molecule has 1 aliphatic carbocycles. The molecule has 0 spiro atoms. The van der Waals surface area contributed by atoms with Gasteiger partial charge in [-0.05, 0) is 60.0 Å². The molecule has 0 saturated heterocycles. The van der Waals surface area contributed by atoms with Crippen LogP contribution in [0.25, 0.3) is 11.1 Å². The lowest BCUT2D eigenvalue weighted by Gasteiger charge is -2.13. The lowest BCUT2D eigenvalue weighted by molar-refractivity contribution is 0.549. The van der Waals surface area contributed by atoms with Gasteiger partial charge in [-0.2, -0.15) is 0 Å². The first-order valence-corrected chi connectivity index (χ1v) is 7.59. The topological polar surface area (TPSA) is 12.0 Å². The summed E-state index contributed by atoms with van der Waals surface area (Å²) < 4.78 is 0. The van der Waals surface area contributed by atoms with Crippen LogP contribution in [0.4, 0.5) is 0 Å². The molecule has 18 heavy (non-hydrogen) atoms. The van der Waals surface area contributed by atoms with Gasteiger partial charge in [-0.1, -0.05) is 25.1 Å². The Hall–Kier alpha value is -1.12. The molecule has 1 N–H and O–H groups in total. The molecule has 0 amide bonds. The Balaban J connectivity index is 2.07. The standard InChI is InChI=1S/C16H19NS/c1-3-17-16-8-7-14-13(5-4-6-15(14)16)12-9-10-18-11(12)2/h4-6,9-10,16-17H,3,7-8H2,1-2H3. The van der Waals surface area contributed by atoms with Crippen LogP contribution in [0.2, 0.25) is 0 Å². The number of aryl methyl sites for hydroxylation is 1. The van der Waals surface area contributed by atoms with E-state index >= 15 is 0 Å². The molecule has 1 nitrogen and oxygen atoms in total. The molecule has 94 valence electrons. The average Bonchev–Trinajstić information content (AvgIpc) is 2.97. The Morgan fingerprint density at radius 1 is 1.28 bits per heavy atom. The van der Waals surface area contributed by atoms with Crippen molar-refractivity contribution < 1.29 is 0 Å². The molecule has 0 aliphatic heterocycles. The van der Waals surface area contributed by atoms with Crippen molar-refractivity contribution in [2.45, 2.75) is 32.7 Å². The van der Waals surface area contributed by atoms with Crippen molar-refractivity contribution in [1.82, 2.24) is 5.32 Å². The van der Waals surface area contributed by atoms with Crippen LogP contribution in [0.3, 0.4) is 0 Å². The van der Waals surface area contributed by atoms with E-state index in [2.05, 4.69) is 48.8 Å². The van der Waals surface area contributed by atoms with E-state index in [1.165, 1.54) is 34.4 Å². The van der Waals surface area contributed by atoms with E-state index in [-0.39, 0.29) is 0 Å². The minimum atomic E-state index is 0.559. The highest BCUT2D eigenvalue weighted by molar-refractivity contribution is 7.10. The molecule has 0 saturated carbocycles. The largest absolute Gasteiger partial charge is 0.310 e. The van der Waals surface area contributed by atoms with E-state index in [1.807, 2.05) is 11.3 Å². The first-order chi connectivity index (χ1) is 8.81. The quantitative estimate of drug-likeness (QED) is 0.863. The summed E-state index contributed by atoms with van der Waals surface area (Å²) >= 11 is 1.84. The van der Waals surface area contributed by atoms with Gasteiger partial charge in [0.25, 0.3) is 0 Å². The second-order valence-electron chi connectivity index (χ2n) is 4.91. The van der Waals surface area contributed by atoms with Gasteiger partial charge in [0, 0.05) is 10.9 Å². The molecule has 0 radical (unpaired) electrons. The van der Waals surface area contributed by atoms with Gasteiger partial charge in [-0.15, -0.1) is 11.3 Å². The summed E-state index contributed by atoms with van der Waals surface area (Å²) in [7, 11) is 0. The van der Waals surface area contributed by atoms with Crippen molar-refractivity contribution >= 4 is 11.3 Å². The van der Waals surface area contributed by atoms with Crippen molar-refractivity contribution in [3.05, 3.63) is 45.6 Å². The molecule has 1 aromatic heterocycles. The Kier molecular flexibility index (Phi) is 3.23. The third-order valence-corrected chi connectivity index (χ3v) is 4.72. The summed E-state index contributed by atoms with van der Waals surface area (Å²) in [5.74, 6) is 0. The fourth-order valence-electron chi connectivity index (χ4n) is 3.03. The maximum Gasteiger partial charge on any atom is 0.0326 e. The molecule has 1 heterocycles. The van der Waals surface area contributed by atoms with Gasteiger partial charge < -0.3 is 5.32 Å². The molecule has 1 atom stereocenters. The Morgan fingerprint density at radius 2 is 2.17 bits per heavy atom. The molecule has 3 rings (SSSR count). The highest BCUT2D eigenvalue weighted by atomic mass is 32.1. The fourth-order valence-corrected chi connectivity index (χ4v) is 3.74. The lowest BCUT2D eigenvalue weighted by atomic mass is 9.97. The minimum absolute atomic E-state index is 0.559. The zero-order chi connectivity index (χ0) is 12.5. The molecule has 2 aromatic rings. The van der Waals surface area contributed by atoms with Gasteiger partial charge in [0.1, 0.15) is 0 Å². The van der Waals surface area contributed by atoms with Crippen molar-refractivity contribution in [3.8, 4) is 11.1 Å². The van der Waals surface area contributed by atoms with Gasteiger partial charge in [-0.25, -0.2) is 0 Å². The Bertz CT molecular complexity index is 556. The fraction of sp³-hybridized carbons (Fsp3) is 0.375. The van der Waals surface area contributed by atoms with E-state index in [4.69, 9.17) is 0 Å². The lowest BCUT2D eigenvalue weighted by Crippen LogP contribution is -2.18. The summed E-state index contributed by atoms with van der Waals surface area (Å²) in [5, 5.41) is 5.79. The second-order valence-corrected chi connectivity index (χ2v) is 6.03. The second kappa shape index (κ2) is 4.87. The monoisotopic (exact) mass is 257 g/mol. The number of nitrogens with one attached hydrogen (secondary N) is 1.